The summed E-state index contributed by atoms with van der Waals surface area (Å²) in [7, 11) is 0. The van der Waals surface area contributed by atoms with E-state index in [1.54, 1.807) is 24.3 Å². The van der Waals surface area contributed by atoms with Crippen molar-refractivity contribution in [2.75, 3.05) is 5.32 Å². The first-order chi connectivity index (χ1) is 28.6. The quantitative estimate of drug-likeness (QED) is 0.116. The molecule has 7 rings (SSSR count). The lowest BCUT2D eigenvalue weighted by Crippen LogP contribution is -2.57. The Kier molecular flexibility index (Phi) is 14.5. The Hall–Kier alpha value is -6.88. The summed E-state index contributed by atoms with van der Waals surface area (Å²) in [5.41, 5.74) is 5.55. The number of rotatable bonds is 9. The fraction of sp³-hybridized carbons (Fsp3) is 0.250. The van der Waals surface area contributed by atoms with Crippen molar-refractivity contribution in [3.8, 4) is 11.1 Å². The maximum absolute atomic E-state index is 14.4. The molecule has 0 unspecified atom stereocenters. The molecule has 0 spiro atoms. The zero-order valence-corrected chi connectivity index (χ0v) is 32.6. The Morgan fingerprint density at radius 2 is 1.05 bits per heavy atom. The van der Waals surface area contributed by atoms with Crippen molar-refractivity contribution < 1.29 is 33.9 Å². The summed E-state index contributed by atoms with van der Waals surface area (Å²) in [6, 6.07) is 39.5. The van der Waals surface area contributed by atoms with Gasteiger partial charge in [0.2, 0.25) is 23.6 Å². The van der Waals surface area contributed by atoms with Crippen LogP contribution in [0, 0.1) is 5.92 Å². The highest BCUT2D eigenvalue weighted by Crippen LogP contribution is 2.21. The molecule has 2 aliphatic heterocycles. The average molecular weight is 793 g/mol. The number of carbonyl (C=O) groups is 6. The van der Waals surface area contributed by atoms with Crippen LogP contribution in [0.1, 0.15) is 47.9 Å². The summed E-state index contributed by atoms with van der Waals surface area (Å²) < 4.78 is 0. The molecule has 0 radical (unpaired) electrons. The van der Waals surface area contributed by atoms with Crippen LogP contribution in [0.5, 0.6) is 0 Å². The fourth-order valence-corrected chi connectivity index (χ4v) is 7.12. The number of nitrogens with one attached hydrogen (secondary N) is 4. The minimum atomic E-state index is -1.16. The Bertz CT molecular complexity index is 2210. The molecule has 0 saturated carbocycles. The molecule has 302 valence electrons. The van der Waals surface area contributed by atoms with Crippen molar-refractivity contribution >= 4 is 41.1 Å². The highest BCUT2D eigenvalue weighted by atomic mass is 16.4. The molecule has 11 nitrogen and oxygen atoms in total. The van der Waals surface area contributed by atoms with Crippen LogP contribution < -0.4 is 21.3 Å². The van der Waals surface area contributed by atoms with E-state index in [4.69, 9.17) is 0 Å². The SMILES string of the molecule is O=C1CCC(=O)N[C@H](CCc2ccccc2)C(=O)N[C@@H](Cc2ccc(-c3ccccc3)cc2)C(=O)N[C@H](Cc2ccccc2)C(=O)Nc2ccc(cc2)C[C@@H](C(=O)O)C1. The second kappa shape index (κ2) is 20.5. The van der Waals surface area contributed by atoms with E-state index in [2.05, 4.69) is 21.3 Å². The number of carboxylic acid groups (broad SMARTS) is 1. The van der Waals surface area contributed by atoms with E-state index in [-0.39, 0.29) is 44.9 Å². The van der Waals surface area contributed by atoms with Gasteiger partial charge in [-0.1, -0.05) is 127 Å². The smallest absolute Gasteiger partial charge is 0.307 e. The number of anilines is 1. The van der Waals surface area contributed by atoms with Gasteiger partial charge in [-0.3, -0.25) is 28.8 Å². The molecule has 2 heterocycles. The van der Waals surface area contributed by atoms with E-state index in [1.807, 2.05) is 115 Å². The molecule has 0 aromatic heterocycles. The number of Topliss-reactive ketones (excluding diaryl/α,β-unsaturated/α-hetero) is 1. The Morgan fingerprint density at radius 1 is 0.525 bits per heavy atom. The number of carbonyl (C=O) groups excluding carboxylic acids is 5. The standard InChI is InChI=1S/C48H48N4O7/c53-40-25-27-44(54)50-41(26-20-32-10-4-1-5-11-32)45(55)51-43(30-35-16-21-37(22-17-35)36-14-8-3-9-15-36)47(57)52-42(29-33-12-6-2-7-13-33)46(56)49-39-23-18-34(19-24-39)28-38(31-40)48(58)59/h1-19,21-24,38,41-43H,20,25-31H2,(H,49,56)(H,50,54)(H,51,55)(H,52,57)(H,58,59)/t38-,41-,42-,43+/m1/s1. The number of carboxylic acids is 1. The molecule has 2 bridgehead atoms. The van der Waals surface area contributed by atoms with E-state index in [1.165, 1.54) is 0 Å². The molecular formula is C48H48N4O7. The van der Waals surface area contributed by atoms with Gasteiger partial charge >= 0.3 is 5.97 Å². The molecule has 0 saturated heterocycles. The van der Waals surface area contributed by atoms with Gasteiger partial charge in [-0.05, 0) is 64.8 Å². The zero-order chi connectivity index (χ0) is 41.6. The molecule has 59 heavy (non-hydrogen) atoms. The summed E-state index contributed by atoms with van der Waals surface area (Å²) in [6.07, 6.45) is 0.165. The van der Waals surface area contributed by atoms with Gasteiger partial charge in [-0.2, -0.15) is 0 Å². The average Bonchev–Trinajstić information content (AvgIpc) is 3.25. The largest absolute Gasteiger partial charge is 0.481 e. The molecule has 0 fully saturated rings. The third kappa shape index (κ3) is 12.6. The summed E-state index contributed by atoms with van der Waals surface area (Å²) in [5, 5.41) is 21.4. The van der Waals surface area contributed by atoms with Crippen LogP contribution in [0.4, 0.5) is 5.69 Å². The second-order valence-electron chi connectivity index (χ2n) is 14.9. The van der Waals surface area contributed by atoms with Gasteiger partial charge in [0.25, 0.3) is 0 Å². The molecule has 0 aliphatic carbocycles. The lowest BCUT2D eigenvalue weighted by molar-refractivity contribution is -0.143. The van der Waals surface area contributed by atoms with Crippen molar-refractivity contribution in [3.63, 3.8) is 0 Å². The van der Waals surface area contributed by atoms with E-state index >= 15 is 0 Å². The first-order valence-electron chi connectivity index (χ1n) is 19.9. The van der Waals surface area contributed by atoms with E-state index in [9.17, 15) is 33.9 Å². The van der Waals surface area contributed by atoms with Crippen molar-refractivity contribution in [1.29, 1.82) is 0 Å². The highest BCUT2D eigenvalue weighted by molar-refractivity contribution is 5.99. The zero-order valence-electron chi connectivity index (χ0n) is 32.6. The third-order valence-electron chi connectivity index (χ3n) is 10.4. The van der Waals surface area contributed by atoms with Crippen LogP contribution in [-0.4, -0.2) is 58.6 Å². The molecule has 11 heteroatoms. The van der Waals surface area contributed by atoms with E-state index < -0.39 is 59.4 Å². The second-order valence-corrected chi connectivity index (χ2v) is 14.9. The number of aliphatic carboxylic acids is 1. The predicted molar refractivity (Wildman–Crippen MR) is 225 cm³/mol. The van der Waals surface area contributed by atoms with E-state index in [0.717, 1.165) is 27.8 Å². The van der Waals surface area contributed by atoms with Gasteiger partial charge in [-0.25, -0.2) is 0 Å². The maximum atomic E-state index is 14.4. The Balaban J connectivity index is 1.33. The van der Waals surface area contributed by atoms with Crippen LogP contribution in [0.15, 0.2) is 140 Å². The molecule has 5 N–H and O–H groups in total. The van der Waals surface area contributed by atoms with Gasteiger partial charge in [0.15, 0.2) is 0 Å². The molecule has 4 amide bonds. The monoisotopic (exact) mass is 792 g/mol. The number of ketones is 1. The van der Waals surface area contributed by atoms with Gasteiger partial charge < -0.3 is 26.4 Å². The van der Waals surface area contributed by atoms with Gasteiger partial charge in [0.1, 0.15) is 23.9 Å². The lowest BCUT2D eigenvalue weighted by atomic mass is 9.93. The third-order valence-corrected chi connectivity index (χ3v) is 10.4. The lowest BCUT2D eigenvalue weighted by Gasteiger charge is -2.26. The first kappa shape index (κ1) is 41.7. The van der Waals surface area contributed by atoms with Crippen LogP contribution in [0.2, 0.25) is 0 Å². The number of hydrogen-bond donors (Lipinski definition) is 5. The van der Waals surface area contributed by atoms with Crippen LogP contribution in [0.3, 0.4) is 0 Å². The van der Waals surface area contributed by atoms with Crippen LogP contribution in [0.25, 0.3) is 11.1 Å². The summed E-state index contributed by atoms with van der Waals surface area (Å²) >= 11 is 0. The Morgan fingerprint density at radius 3 is 1.66 bits per heavy atom. The molecule has 4 atom stereocenters. The van der Waals surface area contributed by atoms with Gasteiger partial charge in [0.05, 0.1) is 5.92 Å². The summed E-state index contributed by atoms with van der Waals surface area (Å²) in [5.74, 6) is -4.83. The molecule has 2 aliphatic rings. The van der Waals surface area contributed by atoms with Crippen LogP contribution in [-0.2, 0) is 54.5 Å². The fourth-order valence-electron chi connectivity index (χ4n) is 7.12. The number of aryl methyl sites for hydroxylation is 1. The first-order valence-corrected chi connectivity index (χ1v) is 19.9. The van der Waals surface area contributed by atoms with Crippen molar-refractivity contribution in [3.05, 3.63) is 162 Å². The minimum absolute atomic E-state index is 0.0618. The number of benzene rings is 5. The summed E-state index contributed by atoms with van der Waals surface area (Å²) in [6.45, 7) is 0. The minimum Gasteiger partial charge on any atom is -0.481 e. The van der Waals surface area contributed by atoms with Crippen molar-refractivity contribution in [1.82, 2.24) is 16.0 Å². The molecule has 5 aromatic rings. The highest BCUT2D eigenvalue weighted by Gasteiger charge is 2.31. The number of fused-ring (bicyclic) bond motifs is 18. The number of hydrogen-bond acceptors (Lipinski definition) is 6. The van der Waals surface area contributed by atoms with Gasteiger partial charge in [0, 0.05) is 37.8 Å². The van der Waals surface area contributed by atoms with Crippen LogP contribution >= 0.6 is 0 Å². The van der Waals surface area contributed by atoms with Crippen molar-refractivity contribution in [2.45, 2.75) is 69.5 Å². The normalized spacial score (nSPS) is 19.7. The summed E-state index contributed by atoms with van der Waals surface area (Å²) in [4.78, 5) is 81.2. The predicted octanol–water partition coefficient (Wildman–Crippen LogP) is 5.86. The molecule has 5 aromatic carbocycles. The van der Waals surface area contributed by atoms with E-state index in [0.29, 0.717) is 17.7 Å². The maximum Gasteiger partial charge on any atom is 0.307 e. The Labute approximate surface area is 343 Å². The molecular weight excluding hydrogens is 745 g/mol. The number of amides is 4. The van der Waals surface area contributed by atoms with Crippen molar-refractivity contribution in [2.24, 2.45) is 5.92 Å². The topological polar surface area (TPSA) is 171 Å². The van der Waals surface area contributed by atoms with Gasteiger partial charge in [-0.15, -0.1) is 0 Å².